The summed E-state index contributed by atoms with van der Waals surface area (Å²) in [7, 11) is 2.18. The summed E-state index contributed by atoms with van der Waals surface area (Å²) in [6.45, 7) is 2.41. The lowest BCUT2D eigenvalue weighted by atomic mass is 9.84. The van der Waals surface area contributed by atoms with Gasteiger partial charge in [-0.05, 0) is 56.0 Å². The molecule has 1 aromatic rings. The molecule has 20 heavy (non-hydrogen) atoms. The Bertz CT molecular complexity index is 501. The van der Waals surface area contributed by atoms with E-state index in [1.54, 1.807) is 0 Å². The van der Waals surface area contributed by atoms with Gasteiger partial charge in [-0.15, -0.1) is 0 Å². The number of hydrogen-bond donors (Lipinski definition) is 3. The summed E-state index contributed by atoms with van der Waals surface area (Å²) in [6.07, 6.45) is 1.23. The van der Waals surface area contributed by atoms with Gasteiger partial charge in [0.2, 0.25) is 0 Å². The number of aliphatic hydroxyl groups excluding tert-OH is 1. The van der Waals surface area contributed by atoms with E-state index in [4.69, 9.17) is 10.2 Å². The highest BCUT2D eigenvalue weighted by atomic mass is 16.4. The molecule has 1 aromatic carbocycles. The van der Waals surface area contributed by atoms with Crippen molar-refractivity contribution in [1.29, 1.82) is 0 Å². The first-order chi connectivity index (χ1) is 9.38. The third kappa shape index (κ3) is 3.11. The van der Waals surface area contributed by atoms with Gasteiger partial charge in [-0.25, -0.2) is 4.79 Å². The first kappa shape index (κ1) is 14.8. The minimum Gasteiger partial charge on any atom is -0.508 e. The molecule has 110 valence electrons. The van der Waals surface area contributed by atoms with Gasteiger partial charge in [0.15, 0.2) is 0 Å². The number of rotatable bonds is 1. The van der Waals surface area contributed by atoms with Gasteiger partial charge >= 0.3 is 5.97 Å². The largest absolute Gasteiger partial charge is 0.508 e. The maximum absolute atomic E-state index is 9.48. The zero-order valence-corrected chi connectivity index (χ0v) is 11.8. The lowest BCUT2D eigenvalue weighted by molar-refractivity contribution is -0.145. The number of nitrogens with zero attached hydrogens (tertiary/aromatic N) is 1. The fourth-order valence-corrected chi connectivity index (χ4v) is 3.01. The van der Waals surface area contributed by atoms with Crippen LogP contribution in [-0.4, -0.2) is 45.9 Å². The molecule has 1 aliphatic carbocycles. The van der Waals surface area contributed by atoms with E-state index >= 15 is 0 Å². The zero-order chi connectivity index (χ0) is 14.9. The first-order valence-corrected chi connectivity index (χ1v) is 6.81. The van der Waals surface area contributed by atoms with Crippen molar-refractivity contribution in [2.24, 2.45) is 5.92 Å². The number of carboxylic acids is 1. The monoisotopic (exact) mass is 279 g/mol. The zero-order valence-electron chi connectivity index (χ0n) is 11.8. The summed E-state index contributed by atoms with van der Waals surface area (Å²) >= 11 is 0. The minimum absolute atomic E-state index is 0.405. The highest BCUT2D eigenvalue weighted by Crippen LogP contribution is 2.43. The van der Waals surface area contributed by atoms with Gasteiger partial charge in [-0.2, -0.15) is 0 Å². The average molecular weight is 279 g/mol. The molecule has 0 amide bonds. The molecule has 0 spiro atoms. The molecule has 1 aliphatic heterocycles. The number of carbonyl (C=O) groups is 1. The van der Waals surface area contributed by atoms with Crippen molar-refractivity contribution in [3.05, 3.63) is 29.3 Å². The van der Waals surface area contributed by atoms with E-state index in [1.807, 2.05) is 12.1 Å². The number of benzene rings is 1. The summed E-state index contributed by atoms with van der Waals surface area (Å²) < 4.78 is 0. The predicted octanol–water partition coefficient (Wildman–Crippen LogP) is 1.39. The first-order valence-electron chi connectivity index (χ1n) is 6.81. The summed E-state index contributed by atoms with van der Waals surface area (Å²) in [5, 5.41) is 25.3. The third-order valence-corrected chi connectivity index (χ3v) is 3.99. The van der Waals surface area contributed by atoms with Gasteiger partial charge in [-0.1, -0.05) is 6.07 Å². The number of fused-ring (bicyclic) bond motifs is 4. The van der Waals surface area contributed by atoms with Gasteiger partial charge in [0.1, 0.15) is 11.9 Å². The van der Waals surface area contributed by atoms with Crippen molar-refractivity contribution >= 4 is 5.97 Å². The van der Waals surface area contributed by atoms with Crippen molar-refractivity contribution in [2.75, 3.05) is 13.6 Å². The molecule has 0 aromatic heterocycles. The van der Waals surface area contributed by atoms with Crippen LogP contribution >= 0.6 is 0 Å². The molecule has 5 nitrogen and oxygen atoms in total. The summed E-state index contributed by atoms with van der Waals surface area (Å²) in [6, 6.07) is 6.39. The molecule has 3 N–H and O–H groups in total. The van der Waals surface area contributed by atoms with Crippen LogP contribution < -0.4 is 0 Å². The lowest BCUT2D eigenvalue weighted by Crippen LogP contribution is -2.17. The molecule has 1 fully saturated rings. The Balaban J connectivity index is 0.000000212. The van der Waals surface area contributed by atoms with Crippen molar-refractivity contribution in [1.82, 2.24) is 4.90 Å². The van der Waals surface area contributed by atoms with Crippen LogP contribution in [0.2, 0.25) is 0 Å². The second-order valence-corrected chi connectivity index (χ2v) is 5.66. The van der Waals surface area contributed by atoms with E-state index in [-0.39, 0.29) is 0 Å². The minimum atomic E-state index is -1.23. The van der Waals surface area contributed by atoms with Gasteiger partial charge in [-0.3, -0.25) is 4.90 Å². The number of phenols is 1. The van der Waals surface area contributed by atoms with E-state index in [0.29, 0.717) is 11.8 Å². The number of aromatic hydroxyl groups is 1. The fraction of sp³-hybridized carbons (Fsp3) is 0.533. The number of phenolic OH excluding ortho intramolecular Hbond substituents is 1. The standard InChI is InChI=1S/C12H15NO.C3H6O3/c1-13-7-8-4-9-2-3-10(14)6-11(9)12(13)5-8;1-2(4)3(5)6/h2-3,6,8,12,14H,4-5,7H2,1H3;2,4H,1H3,(H,5,6). The van der Waals surface area contributed by atoms with Crippen LogP contribution in [0.15, 0.2) is 18.2 Å². The van der Waals surface area contributed by atoms with E-state index in [9.17, 15) is 9.90 Å². The molecule has 3 rings (SSSR count). The van der Waals surface area contributed by atoms with Crippen LogP contribution in [0, 0.1) is 5.92 Å². The van der Waals surface area contributed by atoms with Crippen LogP contribution in [0.5, 0.6) is 5.75 Å². The Hall–Kier alpha value is -1.59. The number of carboxylic acid groups (broad SMARTS) is 1. The molecule has 1 saturated heterocycles. The molecule has 0 radical (unpaired) electrons. The van der Waals surface area contributed by atoms with Crippen LogP contribution in [0.3, 0.4) is 0 Å². The quantitative estimate of drug-likeness (QED) is 0.724. The molecule has 0 saturated carbocycles. The Morgan fingerprint density at radius 1 is 1.45 bits per heavy atom. The molecule has 3 unspecified atom stereocenters. The van der Waals surface area contributed by atoms with Crippen LogP contribution in [-0.2, 0) is 11.2 Å². The smallest absolute Gasteiger partial charge is 0.332 e. The van der Waals surface area contributed by atoms with Crippen molar-refractivity contribution < 1.29 is 20.1 Å². The number of aliphatic hydroxyl groups is 1. The summed E-state index contributed by atoms with van der Waals surface area (Å²) in [5.41, 5.74) is 2.79. The molecular weight excluding hydrogens is 258 g/mol. The van der Waals surface area contributed by atoms with E-state index in [1.165, 1.54) is 37.4 Å². The van der Waals surface area contributed by atoms with E-state index in [0.717, 1.165) is 5.92 Å². The van der Waals surface area contributed by atoms with E-state index in [2.05, 4.69) is 18.0 Å². The van der Waals surface area contributed by atoms with Crippen molar-refractivity contribution in [3.63, 3.8) is 0 Å². The fourth-order valence-electron chi connectivity index (χ4n) is 3.01. The van der Waals surface area contributed by atoms with Crippen molar-refractivity contribution in [3.8, 4) is 5.75 Å². The molecule has 2 aliphatic rings. The summed E-state index contributed by atoms with van der Waals surface area (Å²) in [5.74, 6) is 0.0551. The summed E-state index contributed by atoms with van der Waals surface area (Å²) in [4.78, 5) is 11.9. The van der Waals surface area contributed by atoms with E-state index < -0.39 is 12.1 Å². The maximum Gasteiger partial charge on any atom is 0.332 e. The Labute approximate surface area is 118 Å². The topological polar surface area (TPSA) is 81.0 Å². The number of hydrogen-bond acceptors (Lipinski definition) is 4. The van der Waals surface area contributed by atoms with Gasteiger partial charge < -0.3 is 15.3 Å². The third-order valence-electron chi connectivity index (χ3n) is 3.99. The molecular formula is C15H21NO4. The molecule has 5 heteroatoms. The van der Waals surface area contributed by atoms with Crippen LogP contribution in [0.4, 0.5) is 0 Å². The Kier molecular flexibility index (Phi) is 4.30. The Morgan fingerprint density at radius 2 is 2.10 bits per heavy atom. The highest BCUT2D eigenvalue weighted by Gasteiger charge is 2.36. The lowest BCUT2D eigenvalue weighted by Gasteiger charge is -2.24. The number of likely N-dealkylation sites (tertiary alicyclic amines) is 1. The average Bonchev–Trinajstić information content (AvgIpc) is 2.68. The van der Waals surface area contributed by atoms with Crippen molar-refractivity contribution in [2.45, 2.75) is 31.9 Å². The second kappa shape index (κ2) is 5.81. The molecule has 2 bridgehead atoms. The Morgan fingerprint density at radius 3 is 2.70 bits per heavy atom. The predicted molar refractivity (Wildman–Crippen MR) is 74.6 cm³/mol. The van der Waals surface area contributed by atoms with Crippen LogP contribution in [0.1, 0.15) is 30.5 Å². The van der Waals surface area contributed by atoms with Gasteiger partial charge in [0.05, 0.1) is 0 Å². The number of aliphatic carboxylic acids is 1. The maximum atomic E-state index is 9.48. The molecule has 3 atom stereocenters. The van der Waals surface area contributed by atoms with Gasteiger partial charge in [0.25, 0.3) is 0 Å². The normalized spacial score (nSPS) is 25.4. The molecule has 1 heterocycles. The highest BCUT2D eigenvalue weighted by molar-refractivity contribution is 5.71. The van der Waals surface area contributed by atoms with Gasteiger partial charge in [0, 0.05) is 12.6 Å². The van der Waals surface area contributed by atoms with Crippen LogP contribution in [0.25, 0.3) is 0 Å². The SMILES string of the molecule is CC(O)C(=O)O.CN1CC2Cc3ccc(O)cc3C1C2. The second-order valence-electron chi connectivity index (χ2n) is 5.66.